The van der Waals surface area contributed by atoms with Crippen LogP contribution >= 0.6 is 0 Å². The van der Waals surface area contributed by atoms with Crippen LogP contribution in [0.5, 0.6) is 0 Å². The smallest absolute Gasteiger partial charge is 0.261 e. The molecule has 0 aromatic heterocycles. The summed E-state index contributed by atoms with van der Waals surface area (Å²) in [4.78, 5) is 36.2. The molecule has 4 heteroatoms. The van der Waals surface area contributed by atoms with Crippen molar-refractivity contribution in [2.45, 2.75) is 32.6 Å². The number of unbranched alkanes of at least 4 members (excludes halogenated alkanes) is 2. The Hall–Kier alpha value is -1.97. The molecule has 0 radical (unpaired) electrons. The number of hydrogen-bond acceptors (Lipinski definition) is 3. The van der Waals surface area contributed by atoms with Crippen LogP contribution in [0.2, 0.25) is 0 Å². The number of benzene rings is 1. The Kier molecular flexibility index (Phi) is 4.10. The molecule has 2 amide bonds. The maximum Gasteiger partial charge on any atom is 0.261 e. The maximum atomic E-state index is 12.0. The summed E-state index contributed by atoms with van der Waals surface area (Å²) in [7, 11) is 0. The number of imide groups is 1. The van der Waals surface area contributed by atoms with Gasteiger partial charge in [0.2, 0.25) is 0 Å². The SMILES string of the molecule is CC(=O)CCCCCN1C(=O)c2ccccc2C1=O. The van der Waals surface area contributed by atoms with E-state index in [2.05, 4.69) is 0 Å². The Morgan fingerprint density at radius 2 is 1.58 bits per heavy atom. The second-order valence-electron chi connectivity index (χ2n) is 4.82. The molecule has 1 heterocycles. The molecule has 0 bridgehead atoms. The largest absolute Gasteiger partial charge is 0.300 e. The molecule has 1 aliphatic rings. The predicted octanol–water partition coefficient (Wildman–Crippen LogP) is 2.43. The molecule has 19 heavy (non-hydrogen) atoms. The Morgan fingerprint density at radius 1 is 1.00 bits per heavy atom. The fraction of sp³-hybridized carbons (Fsp3) is 0.400. The third kappa shape index (κ3) is 2.89. The van der Waals surface area contributed by atoms with E-state index < -0.39 is 0 Å². The lowest BCUT2D eigenvalue weighted by Gasteiger charge is -2.13. The van der Waals surface area contributed by atoms with Gasteiger partial charge in [0.15, 0.2) is 0 Å². The van der Waals surface area contributed by atoms with Gasteiger partial charge < -0.3 is 4.79 Å². The van der Waals surface area contributed by atoms with E-state index in [0.29, 0.717) is 24.1 Å². The van der Waals surface area contributed by atoms with Gasteiger partial charge in [0.1, 0.15) is 5.78 Å². The van der Waals surface area contributed by atoms with Gasteiger partial charge in [-0.25, -0.2) is 0 Å². The summed E-state index contributed by atoms with van der Waals surface area (Å²) in [5.74, 6) is -0.222. The van der Waals surface area contributed by atoms with Crippen molar-refractivity contribution >= 4 is 17.6 Å². The number of ketones is 1. The standard InChI is InChI=1S/C15H17NO3/c1-11(17)7-3-2-6-10-16-14(18)12-8-4-5-9-13(12)15(16)19/h4-5,8-9H,2-3,6-7,10H2,1H3. The van der Waals surface area contributed by atoms with E-state index in [1.165, 1.54) is 4.90 Å². The van der Waals surface area contributed by atoms with Crippen molar-refractivity contribution in [2.75, 3.05) is 6.54 Å². The minimum absolute atomic E-state index is 0.181. The molecular weight excluding hydrogens is 242 g/mol. The highest BCUT2D eigenvalue weighted by molar-refractivity contribution is 6.21. The lowest BCUT2D eigenvalue weighted by atomic mass is 10.1. The number of carbonyl (C=O) groups is 3. The topological polar surface area (TPSA) is 54.5 Å². The average Bonchev–Trinajstić information content (AvgIpc) is 2.63. The third-order valence-electron chi connectivity index (χ3n) is 3.29. The molecule has 0 unspecified atom stereocenters. The van der Waals surface area contributed by atoms with Gasteiger partial charge in [0, 0.05) is 13.0 Å². The summed E-state index contributed by atoms with van der Waals surface area (Å²) in [6.45, 7) is 2.01. The highest BCUT2D eigenvalue weighted by Crippen LogP contribution is 2.22. The average molecular weight is 259 g/mol. The molecule has 1 aromatic carbocycles. The number of fused-ring (bicyclic) bond motifs is 1. The first-order chi connectivity index (χ1) is 9.11. The van der Waals surface area contributed by atoms with Crippen LogP contribution in [-0.2, 0) is 4.79 Å². The lowest BCUT2D eigenvalue weighted by molar-refractivity contribution is -0.117. The monoisotopic (exact) mass is 259 g/mol. The summed E-state index contributed by atoms with van der Waals surface area (Å²) in [5, 5.41) is 0. The van der Waals surface area contributed by atoms with Crippen LogP contribution in [0.15, 0.2) is 24.3 Å². The number of carbonyl (C=O) groups excluding carboxylic acids is 3. The summed E-state index contributed by atoms with van der Waals surface area (Å²) >= 11 is 0. The zero-order valence-corrected chi connectivity index (χ0v) is 11.0. The molecule has 1 aliphatic heterocycles. The van der Waals surface area contributed by atoms with E-state index in [1.807, 2.05) is 0 Å². The van der Waals surface area contributed by atoms with Crippen molar-refractivity contribution in [3.63, 3.8) is 0 Å². The first kappa shape index (κ1) is 13.5. The van der Waals surface area contributed by atoms with Crippen LogP contribution in [0.3, 0.4) is 0 Å². The molecule has 100 valence electrons. The van der Waals surface area contributed by atoms with Crippen molar-refractivity contribution in [1.82, 2.24) is 4.90 Å². The van der Waals surface area contributed by atoms with Crippen LogP contribution in [0.25, 0.3) is 0 Å². The van der Waals surface area contributed by atoms with E-state index in [4.69, 9.17) is 0 Å². The summed E-state index contributed by atoms with van der Waals surface area (Å²) in [6, 6.07) is 6.90. The van der Waals surface area contributed by atoms with Gasteiger partial charge >= 0.3 is 0 Å². The van der Waals surface area contributed by atoms with E-state index >= 15 is 0 Å². The molecule has 0 aliphatic carbocycles. The molecule has 0 atom stereocenters. The minimum Gasteiger partial charge on any atom is -0.300 e. The van der Waals surface area contributed by atoms with Crippen LogP contribution in [0.4, 0.5) is 0 Å². The van der Waals surface area contributed by atoms with Gasteiger partial charge in [0.05, 0.1) is 11.1 Å². The zero-order valence-electron chi connectivity index (χ0n) is 11.0. The van der Waals surface area contributed by atoms with Crippen molar-refractivity contribution in [3.05, 3.63) is 35.4 Å². The Balaban J connectivity index is 1.88. The second kappa shape index (κ2) is 5.78. The van der Waals surface area contributed by atoms with Crippen LogP contribution < -0.4 is 0 Å². The summed E-state index contributed by atoms with van der Waals surface area (Å²) in [5.41, 5.74) is 0.993. The van der Waals surface area contributed by atoms with Crippen LogP contribution in [0.1, 0.15) is 53.3 Å². The Morgan fingerprint density at radius 3 is 2.11 bits per heavy atom. The fourth-order valence-corrected chi connectivity index (χ4v) is 2.26. The summed E-state index contributed by atoms with van der Waals surface area (Å²) < 4.78 is 0. The lowest BCUT2D eigenvalue weighted by Crippen LogP contribution is -2.30. The number of amides is 2. The van der Waals surface area contributed by atoms with Crippen molar-refractivity contribution in [2.24, 2.45) is 0 Å². The fourth-order valence-electron chi connectivity index (χ4n) is 2.26. The summed E-state index contributed by atoms with van der Waals surface area (Å²) in [6.07, 6.45) is 2.99. The zero-order chi connectivity index (χ0) is 13.8. The molecule has 0 fully saturated rings. The van der Waals surface area contributed by atoms with E-state index in [-0.39, 0.29) is 17.6 Å². The van der Waals surface area contributed by atoms with Gasteiger partial charge in [-0.3, -0.25) is 14.5 Å². The number of hydrogen-bond donors (Lipinski definition) is 0. The van der Waals surface area contributed by atoms with Crippen LogP contribution in [0, 0.1) is 0 Å². The second-order valence-corrected chi connectivity index (χ2v) is 4.82. The van der Waals surface area contributed by atoms with Gasteiger partial charge in [-0.15, -0.1) is 0 Å². The van der Waals surface area contributed by atoms with Gasteiger partial charge in [-0.05, 0) is 31.9 Å². The Labute approximate surface area is 112 Å². The Bertz CT molecular complexity index is 487. The minimum atomic E-state index is -0.202. The van der Waals surface area contributed by atoms with E-state index in [9.17, 15) is 14.4 Å². The van der Waals surface area contributed by atoms with Crippen LogP contribution in [-0.4, -0.2) is 29.0 Å². The first-order valence-electron chi connectivity index (χ1n) is 6.56. The van der Waals surface area contributed by atoms with Gasteiger partial charge in [0.25, 0.3) is 11.8 Å². The van der Waals surface area contributed by atoms with E-state index in [1.54, 1.807) is 31.2 Å². The quantitative estimate of drug-likeness (QED) is 0.582. The van der Waals surface area contributed by atoms with Crippen molar-refractivity contribution < 1.29 is 14.4 Å². The molecule has 0 saturated heterocycles. The normalized spacial score (nSPS) is 13.8. The molecule has 2 rings (SSSR count). The third-order valence-corrected chi connectivity index (χ3v) is 3.29. The predicted molar refractivity (Wildman–Crippen MR) is 71.0 cm³/mol. The number of nitrogens with zero attached hydrogens (tertiary/aromatic N) is 1. The van der Waals surface area contributed by atoms with Crippen molar-refractivity contribution in [3.8, 4) is 0 Å². The number of Topliss-reactive ketones (excluding diaryl/α,β-unsaturated/α-hetero) is 1. The first-order valence-corrected chi connectivity index (χ1v) is 6.56. The van der Waals surface area contributed by atoms with Crippen molar-refractivity contribution in [1.29, 1.82) is 0 Å². The van der Waals surface area contributed by atoms with Gasteiger partial charge in [-0.1, -0.05) is 18.6 Å². The molecule has 0 saturated carbocycles. The highest BCUT2D eigenvalue weighted by Gasteiger charge is 2.34. The molecular formula is C15H17NO3. The number of rotatable bonds is 6. The van der Waals surface area contributed by atoms with E-state index in [0.717, 1.165) is 19.3 Å². The maximum absolute atomic E-state index is 12.0. The molecule has 0 spiro atoms. The molecule has 1 aromatic rings. The van der Waals surface area contributed by atoms with Gasteiger partial charge in [-0.2, -0.15) is 0 Å². The molecule has 4 nitrogen and oxygen atoms in total. The highest BCUT2D eigenvalue weighted by atomic mass is 16.2. The molecule has 0 N–H and O–H groups in total.